The molecular weight excluding hydrogens is 288 g/mol. The fourth-order valence-corrected chi connectivity index (χ4v) is 3.36. The monoisotopic (exact) mass is 302 g/mol. The van der Waals surface area contributed by atoms with Gasteiger partial charge in [0.1, 0.15) is 0 Å². The van der Waals surface area contributed by atoms with Gasteiger partial charge >= 0.3 is 5.00 Å². The van der Waals surface area contributed by atoms with E-state index in [1.807, 2.05) is 18.2 Å². The number of amides is 1. The minimum absolute atomic E-state index is 0.0113. The maximum absolute atomic E-state index is 12.4. The molecule has 1 atom stereocenters. The summed E-state index contributed by atoms with van der Waals surface area (Å²) in [6.07, 6.45) is 0.933. The van der Waals surface area contributed by atoms with Gasteiger partial charge in [0.2, 0.25) is 0 Å². The number of carbonyl (C=O) groups excluding carboxylic acids is 1. The Bertz CT molecular complexity index is 669. The first-order valence-electron chi connectivity index (χ1n) is 6.72. The second-order valence-corrected chi connectivity index (χ2v) is 5.97. The first-order chi connectivity index (χ1) is 10.1. The summed E-state index contributed by atoms with van der Waals surface area (Å²) >= 11 is 0.995. The average molecular weight is 302 g/mol. The molecule has 2 heterocycles. The van der Waals surface area contributed by atoms with Gasteiger partial charge in [-0.2, -0.15) is 0 Å². The van der Waals surface area contributed by atoms with Gasteiger partial charge in [-0.3, -0.25) is 14.9 Å². The van der Waals surface area contributed by atoms with Crippen molar-refractivity contribution in [3.8, 4) is 0 Å². The van der Waals surface area contributed by atoms with Crippen LogP contribution in [0.15, 0.2) is 41.8 Å². The molecule has 0 saturated carbocycles. The Balaban J connectivity index is 1.70. The lowest BCUT2D eigenvalue weighted by Gasteiger charge is -2.15. The highest BCUT2D eigenvalue weighted by atomic mass is 32.1. The minimum atomic E-state index is -0.460. The second kappa shape index (κ2) is 5.65. The van der Waals surface area contributed by atoms with E-state index in [9.17, 15) is 14.9 Å². The highest BCUT2D eigenvalue weighted by Gasteiger charge is 2.29. The van der Waals surface area contributed by atoms with Gasteiger partial charge in [-0.1, -0.05) is 41.7 Å². The number of thiophene rings is 1. The molecule has 1 amide bonds. The van der Waals surface area contributed by atoms with Crippen LogP contribution in [-0.2, 0) is 0 Å². The van der Waals surface area contributed by atoms with Crippen molar-refractivity contribution in [1.82, 2.24) is 4.90 Å². The minimum Gasteiger partial charge on any atom is -0.338 e. The van der Waals surface area contributed by atoms with Crippen LogP contribution in [0.5, 0.6) is 0 Å². The third-order valence-corrected chi connectivity index (χ3v) is 4.64. The average Bonchev–Trinajstić information content (AvgIpc) is 3.17. The lowest BCUT2D eigenvalue weighted by molar-refractivity contribution is -0.380. The van der Waals surface area contributed by atoms with Gasteiger partial charge in [-0.15, -0.1) is 0 Å². The molecule has 1 unspecified atom stereocenters. The van der Waals surface area contributed by atoms with Gasteiger partial charge in [0.25, 0.3) is 5.91 Å². The Hall–Kier alpha value is -2.21. The molecule has 1 aliphatic rings. The quantitative estimate of drug-likeness (QED) is 0.645. The molecule has 0 radical (unpaired) electrons. The highest BCUT2D eigenvalue weighted by molar-refractivity contribution is 7.13. The van der Waals surface area contributed by atoms with Crippen molar-refractivity contribution >= 4 is 22.2 Å². The fourth-order valence-electron chi connectivity index (χ4n) is 2.66. The van der Waals surface area contributed by atoms with Crippen LogP contribution in [-0.4, -0.2) is 28.8 Å². The normalized spacial score (nSPS) is 17.9. The molecular formula is C15H14N2O3S. The van der Waals surface area contributed by atoms with E-state index >= 15 is 0 Å². The third-order valence-electron chi connectivity index (χ3n) is 3.76. The zero-order valence-electron chi connectivity index (χ0n) is 11.3. The zero-order valence-corrected chi connectivity index (χ0v) is 12.1. The van der Waals surface area contributed by atoms with Crippen LogP contribution in [0.2, 0.25) is 0 Å². The standard InChI is InChI=1S/C15H14N2O3S/c18-15(13-8-14(17(19)20)21-10-13)16-7-6-12(9-16)11-4-2-1-3-5-11/h1-5,8,10,12H,6-7,9H2. The van der Waals surface area contributed by atoms with Crippen molar-refractivity contribution < 1.29 is 9.72 Å². The third kappa shape index (κ3) is 2.80. The summed E-state index contributed by atoms with van der Waals surface area (Å²) in [7, 11) is 0. The second-order valence-electron chi connectivity index (χ2n) is 5.08. The Labute approximate surface area is 126 Å². The van der Waals surface area contributed by atoms with E-state index < -0.39 is 4.92 Å². The number of rotatable bonds is 3. The molecule has 5 nitrogen and oxygen atoms in total. The van der Waals surface area contributed by atoms with Gasteiger partial charge in [0.15, 0.2) is 0 Å². The number of carbonyl (C=O) groups is 1. The van der Waals surface area contributed by atoms with Crippen LogP contribution < -0.4 is 0 Å². The van der Waals surface area contributed by atoms with E-state index in [0.29, 0.717) is 24.6 Å². The van der Waals surface area contributed by atoms with E-state index in [-0.39, 0.29) is 10.9 Å². The van der Waals surface area contributed by atoms with E-state index in [2.05, 4.69) is 12.1 Å². The summed E-state index contributed by atoms with van der Waals surface area (Å²) in [6.45, 7) is 1.37. The summed E-state index contributed by atoms with van der Waals surface area (Å²) in [4.78, 5) is 24.4. The molecule has 1 fully saturated rings. The molecule has 0 N–H and O–H groups in total. The van der Waals surface area contributed by atoms with Gasteiger partial charge in [0, 0.05) is 30.5 Å². The maximum atomic E-state index is 12.4. The molecule has 1 aliphatic heterocycles. The van der Waals surface area contributed by atoms with Gasteiger partial charge in [0.05, 0.1) is 10.5 Å². The molecule has 6 heteroatoms. The molecule has 0 aliphatic carbocycles. The molecule has 0 spiro atoms. The van der Waals surface area contributed by atoms with E-state index in [0.717, 1.165) is 17.8 Å². The Morgan fingerprint density at radius 2 is 2.10 bits per heavy atom. The molecule has 108 valence electrons. The van der Waals surface area contributed by atoms with E-state index in [4.69, 9.17) is 0 Å². The van der Waals surface area contributed by atoms with Gasteiger partial charge in [-0.05, 0) is 12.0 Å². The van der Waals surface area contributed by atoms with Crippen molar-refractivity contribution in [2.24, 2.45) is 0 Å². The smallest absolute Gasteiger partial charge is 0.324 e. The molecule has 2 aromatic rings. The highest BCUT2D eigenvalue weighted by Crippen LogP contribution is 2.29. The lowest BCUT2D eigenvalue weighted by Crippen LogP contribution is -2.28. The Morgan fingerprint density at radius 3 is 2.76 bits per heavy atom. The fraction of sp³-hybridized carbons (Fsp3) is 0.267. The van der Waals surface area contributed by atoms with E-state index in [1.165, 1.54) is 11.6 Å². The van der Waals surface area contributed by atoms with Crippen molar-refractivity contribution in [2.75, 3.05) is 13.1 Å². The summed E-state index contributed by atoms with van der Waals surface area (Å²) in [6, 6.07) is 11.5. The SMILES string of the molecule is O=C(c1csc([N+](=O)[O-])c1)N1CCC(c2ccccc2)C1. The topological polar surface area (TPSA) is 63.4 Å². The number of benzene rings is 1. The van der Waals surface area contributed by atoms with Crippen LogP contribution in [0, 0.1) is 10.1 Å². The predicted molar refractivity (Wildman–Crippen MR) is 80.7 cm³/mol. The summed E-state index contributed by atoms with van der Waals surface area (Å²) in [5.41, 5.74) is 1.66. The molecule has 3 rings (SSSR count). The van der Waals surface area contributed by atoms with Crippen molar-refractivity contribution in [3.05, 3.63) is 63.0 Å². The Kier molecular flexibility index (Phi) is 3.70. The molecule has 0 bridgehead atoms. The van der Waals surface area contributed by atoms with Crippen LogP contribution >= 0.6 is 11.3 Å². The van der Waals surface area contributed by atoms with Crippen molar-refractivity contribution in [2.45, 2.75) is 12.3 Å². The summed E-state index contributed by atoms with van der Waals surface area (Å²) < 4.78 is 0. The number of hydrogen-bond acceptors (Lipinski definition) is 4. The van der Waals surface area contributed by atoms with E-state index in [1.54, 1.807) is 10.3 Å². The molecule has 21 heavy (non-hydrogen) atoms. The van der Waals surface area contributed by atoms with Crippen LogP contribution in [0.25, 0.3) is 0 Å². The first kappa shape index (κ1) is 13.8. The number of nitro groups is 1. The van der Waals surface area contributed by atoms with Gasteiger partial charge < -0.3 is 4.90 Å². The number of hydrogen-bond donors (Lipinski definition) is 0. The zero-order chi connectivity index (χ0) is 14.8. The van der Waals surface area contributed by atoms with Gasteiger partial charge in [-0.25, -0.2) is 0 Å². The maximum Gasteiger partial charge on any atom is 0.324 e. The number of likely N-dealkylation sites (tertiary alicyclic amines) is 1. The van der Waals surface area contributed by atoms with Crippen LogP contribution in [0.3, 0.4) is 0 Å². The Morgan fingerprint density at radius 1 is 1.33 bits per heavy atom. The molecule has 1 saturated heterocycles. The van der Waals surface area contributed by atoms with Crippen molar-refractivity contribution in [3.63, 3.8) is 0 Å². The largest absolute Gasteiger partial charge is 0.338 e. The van der Waals surface area contributed by atoms with Crippen molar-refractivity contribution in [1.29, 1.82) is 0 Å². The summed E-state index contributed by atoms with van der Waals surface area (Å²) in [5.74, 6) is 0.238. The summed E-state index contributed by atoms with van der Waals surface area (Å²) in [5, 5.41) is 12.3. The van der Waals surface area contributed by atoms with Crippen LogP contribution in [0.1, 0.15) is 28.3 Å². The molecule has 1 aromatic carbocycles. The first-order valence-corrected chi connectivity index (χ1v) is 7.60. The van der Waals surface area contributed by atoms with Crippen LogP contribution in [0.4, 0.5) is 5.00 Å². The molecule has 1 aromatic heterocycles. The number of nitrogens with zero attached hydrogens (tertiary/aromatic N) is 2. The predicted octanol–water partition coefficient (Wildman–Crippen LogP) is 3.29. The lowest BCUT2D eigenvalue weighted by atomic mass is 9.99.